The monoisotopic (exact) mass is 482 g/mol. The molecule has 31 heavy (non-hydrogen) atoms. The van der Waals surface area contributed by atoms with Crippen LogP contribution in [-0.2, 0) is 28.4 Å². The summed E-state index contributed by atoms with van der Waals surface area (Å²) in [6, 6.07) is 2.71. The van der Waals surface area contributed by atoms with Gasteiger partial charge < -0.3 is 9.30 Å². The minimum Gasteiger partial charge on any atom is -0.361 e. The van der Waals surface area contributed by atoms with Crippen molar-refractivity contribution in [3.8, 4) is 11.1 Å². The van der Waals surface area contributed by atoms with Crippen LogP contribution >= 0.6 is 11.6 Å². The molecule has 0 spiro atoms. The van der Waals surface area contributed by atoms with E-state index in [9.17, 15) is 13.2 Å². The van der Waals surface area contributed by atoms with Crippen molar-refractivity contribution in [1.82, 2.24) is 19.1 Å². The van der Waals surface area contributed by atoms with Crippen LogP contribution in [0.3, 0.4) is 0 Å². The van der Waals surface area contributed by atoms with Crippen molar-refractivity contribution in [2.75, 3.05) is 12.9 Å². The van der Waals surface area contributed by atoms with Gasteiger partial charge in [-0.25, -0.2) is 13.4 Å². The second kappa shape index (κ2) is 8.49. The van der Waals surface area contributed by atoms with Crippen LogP contribution in [0, 0.1) is 6.92 Å². The zero-order chi connectivity index (χ0) is 23.1. The van der Waals surface area contributed by atoms with Crippen LogP contribution < -0.4 is 5.56 Å². The SMILES string of the molecule is Cc1nccc(-c2cn(COCC[Si](C)(C)C)c3nc(S(C)(=O)=O)n(C)c(=O)c23)c1Cl. The van der Waals surface area contributed by atoms with E-state index in [1.807, 2.05) is 0 Å². The average molecular weight is 483 g/mol. The Morgan fingerprint density at radius 3 is 2.52 bits per heavy atom. The summed E-state index contributed by atoms with van der Waals surface area (Å²) in [5, 5.41) is 0.418. The van der Waals surface area contributed by atoms with Crippen LogP contribution in [0.25, 0.3) is 22.2 Å². The highest BCUT2D eigenvalue weighted by Crippen LogP contribution is 2.34. The van der Waals surface area contributed by atoms with E-state index in [0.717, 1.165) is 16.9 Å². The molecule has 3 aromatic heterocycles. The largest absolute Gasteiger partial charge is 0.361 e. The number of hydrogen-bond acceptors (Lipinski definition) is 6. The van der Waals surface area contributed by atoms with Gasteiger partial charge in [0.15, 0.2) is 5.65 Å². The number of sulfone groups is 1. The normalized spacial score (nSPS) is 12.6. The molecular formula is C20H27ClN4O4SSi. The summed E-state index contributed by atoms with van der Waals surface area (Å²) in [5.74, 6) is 0. The number of aromatic nitrogens is 4. The van der Waals surface area contributed by atoms with E-state index < -0.39 is 23.5 Å². The second-order valence-electron chi connectivity index (χ2n) is 8.85. The first-order valence-electron chi connectivity index (χ1n) is 9.80. The maximum absolute atomic E-state index is 13.2. The van der Waals surface area contributed by atoms with Crippen LogP contribution in [0.5, 0.6) is 0 Å². The number of halogens is 1. The van der Waals surface area contributed by atoms with Crippen LogP contribution in [0.15, 0.2) is 28.4 Å². The van der Waals surface area contributed by atoms with Gasteiger partial charge in [-0.3, -0.25) is 14.3 Å². The first-order valence-corrected chi connectivity index (χ1v) is 15.8. The smallest absolute Gasteiger partial charge is 0.264 e. The zero-order valence-corrected chi connectivity index (χ0v) is 21.1. The zero-order valence-electron chi connectivity index (χ0n) is 18.6. The van der Waals surface area contributed by atoms with Crippen LogP contribution in [0.4, 0.5) is 0 Å². The van der Waals surface area contributed by atoms with E-state index in [1.165, 1.54) is 7.05 Å². The third-order valence-corrected chi connectivity index (χ3v) is 8.18. The van der Waals surface area contributed by atoms with Gasteiger partial charge >= 0.3 is 0 Å². The number of rotatable bonds is 7. The Morgan fingerprint density at radius 1 is 1.23 bits per heavy atom. The van der Waals surface area contributed by atoms with E-state index in [0.29, 0.717) is 28.5 Å². The van der Waals surface area contributed by atoms with Gasteiger partial charge in [-0.2, -0.15) is 0 Å². The van der Waals surface area contributed by atoms with Crippen molar-refractivity contribution in [2.24, 2.45) is 7.05 Å². The summed E-state index contributed by atoms with van der Waals surface area (Å²) in [4.78, 5) is 21.7. The quantitative estimate of drug-likeness (QED) is 0.290. The van der Waals surface area contributed by atoms with E-state index in [1.54, 1.807) is 30.0 Å². The summed E-state index contributed by atoms with van der Waals surface area (Å²) in [7, 11) is -3.58. The van der Waals surface area contributed by atoms with Crippen LogP contribution in [0.2, 0.25) is 30.7 Å². The van der Waals surface area contributed by atoms with E-state index in [4.69, 9.17) is 16.3 Å². The van der Waals surface area contributed by atoms with Gasteiger partial charge in [0.2, 0.25) is 15.0 Å². The Morgan fingerprint density at radius 2 is 1.90 bits per heavy atom. The standard InChI is InChI=1S/C20H27ClN4O4SSi/c1-13-17(21)14(7-8-22-13)15-11-25(12-29-9-10-31(4,5)6)18-16(15)19(26)24(2)20(23-18)30(3,27)28/h7-8,11H,9-10,12H2,1-6H3. The summed E-state index contributed by atoms with van der Waals surface area (Å²) >= 11 is 6.49. The fraction of sp³-hybridized carbons (Fsp3) is 0.450. The van der Waals surface area contributed by atoms with Crippen molar-refractivity contribution in [1.29, 1.82) is 0 Å². The molecule has 11 heteroatoms. The van der Waals surface area contributed by atoms with Crippen molar-refractivity contribution in [3.63, 3.8) is 0 Å². The van der Waals surface area contributed by atoms with Crippen LogP contribution in [0.1, 0.15) is 5.69 Å². The number of aryl methyl sites for hydroxylation is 1. The molecule has 3 heterocycles. The predicted octanol–water partition coefficient (Wildman–Crippen LogP) is 3.47. The molecule has 0 saturated carbocycles. The lowest BCUT2D eigenvalue weighted by molar-refractivity contribution is 0.0898. The molecule has 3 aromatic rings. The highest BCUT2D eigenvalue weighted by molar-refractivity contribution is 7.90. The maximum atomic E-state index is 13.2. The Hall–Kier alpha value is -2.01. The number of nitrogens with zero attached hydrogens (tertiary/aromatic N) is 4. The fourth-order valence-corrected chi connectivity index (χ4v) is 5.03. The minimum absolute atomic E-state index is 0.145. The van der Waals surface area contributed by atoms with Gasteiger partial charge in [0.05, 0.1) is 16.1 Å². The Balaban J connectivity index is 2.22. The molecule has 0 aromatic carbocycles. The first-order chi connectivity index (χ1) is 14.3. The number of ether oxygens (including phenoxy) is 1. The Labute approximate surface area is 187 Å². The molecule has 168 valence electrons. The number of fused-ring (bicyclic) bond motifs is 1. The molecule has 0 saturated heterocycles. The Kier molecular flexibility index (Phi) is 6.48. The molecule has 0 amide bonds. The van der Waals surface area contributed by atoms with Gasteiger partial charge in [-0.05, 0) is 19.0 Å². The summed E-state index contributed by atoms with van der Waals surface area (Å²) in [6.45, 7) is 9.28. The summed E-state index contributed by atoms with van der Waals surface area (Å²) in [6.07, 6.45) is 4.38. The fourth-order valence-electron chi connectivity index (χ4n) is 3.23. The lowest BCUT2D eigenvalue weighted by Crippen LogP contribution is -2.25. The topological polar surface area (TPSA) is 96.1 Å². The van der Waals surface area contributed by atoms with Gasteiger partial charge in [-0.1, -0.05) is 31.2 Å². The Bertz CT molecular complexity index is 1310. The van der Waals surface area contributed by atoms with Gasteiger partial charge in [0, 0.05) is 51.5 Å². The molecule has 0 fully saturated rings. The van der Waals surface area contributed by atoms with E-state index in [-0.39, 0.29) is 22.9 Å². The molecule has 0 aliphatic carbocycles. The lowest BCUT2D eigenvalue weighted by atomic mass is 10.1. The summed E-state index contributed by atoms with van der Waals surface area (Å²) < 4.78 is 33.0. The first kappa shape index (κ1) is 23.6. The van der Waals surface area contributed by atoms with Crippen molar-refractivity contribution >= 4 is 40.5 Å². The second-order valence-corrected chi connectivity index (χ2v) is 16.8. The average Bonchev–Trinajstić information content (AvgIpc) is 3.01. The molecule has 0 aliphatic heterocycles. The van der Waals surface area contributed by atoms with E-state index >= 15 is 0 Å². The van der Waals surface area contributed by atoms with Gasteiger partial charge in [-0.15, -0.1) is 0 Å². The van der Waals surface area contributed by atoms with E-state index in [2.05, 4.69) is 29.6 Å². The van der Waals surface area contributed by atoms with Gasteiger partial charge in [0.25, 0.3) is 5.56 Å². The maximum Gasteiger partial charge on any atom is 0.264 e. The number of hydrogen-bond donors (Lipinski definition) is 0. The van der Waals surface area contributed by atoms with Crippen molar-refractivity contribution in [3.05, 3.63) is 39.5 Å². The molecule has 3 rings (SSSR count). The number of pyridine rings is 1. The highest BCUT2D eigenvalue weighted by Gasteiger charge is 2.24. The highest BCUT2D eigenvalue weighted by atomic mass is 35.5. The molecule has 0 N–H and O–H groups in total. The minimum atomic E-state index is -3.71. The molecule has 0 radical (unpaired) electrons. The lowest BCUT2D eigenvalue weighted by Gasteiger charge is -2.15. The molecule has 0 atom stereocenters. The third kappa shape index (κ3) is 4.92. The van der Waals surface area contributed by atoms with Gasteiger partial charge in [0.1, 0.15) is 6.73 Å². The molecular weight excluding hydrogens is 456 g/mol. The molecule has 0 unspecified atom stereocenters. The third-order valence-electron chi connectivity index (χ3n) is 4.97. The van der Waals surface area contributed by atoms with Crippen molar-refractivity contribution in [2.45, 2.75) is 44.5 Å². The van der Waals surface area contributed by atoms with Crippen LogP contribution in [-0.4, -0.2) is 48.5 Å². The molecule has 8 nitrogen and oxygen atoms in total. The summed E-state index contributed by atoms with van der Waals surface area (Å²) in [5.41, 5.74) is 1.60. The van der Waals surface area contributed by atoms with Crippen molar-refractivity contribution < 1.29 is 13.2 Å². The molecule has 0 bridgehead atoms. The molecule has 0 aliphatic rings. The predicted molar refractivity (Wildman–Crippen MR) is 125 cm³/mol.